The van der Waals surface area contributed by atoms with Gasteiger partial charge in [-0.15, -0.1) is 0 Å². The predicted octanol–water partition coefficient (Wildman–Crippen LogP) is 2.07. The van der Waals surface area contributed by atoms with E-state index in [1.165, 1.54) is 18.3 Å². The smallest absolute Gasteiger partial charge is 0.255 e. The molecule has 0 saturated heterocycles. The summed E-state index contributed by atoms with van der Waals surface area (Å²) in [6, 6.07) is 5.79. The van der Waals surface area contributed by atoms with Gasteiger partial charge in [0.1, 0.15) is 11.6 Å². The molecule has 0 aliphatic carbocycles. The number of pyridine rings is 1. The zero-order valence-electron chi connectivity index (χ0n) is 9.86. The highest BCUT2D eigenvalue weighted by Gasteiger charge is 2.10. The molecule has 98 valence electrons. The fourth-order valence-corrected chi connectivity index (χ4v) is 1.52. The van der Waals surface area contributed by atoms with Crippen LogP contribution >= 0.6 is 0 Å². The highest BCUT2D eigenvalue weighted by molar-refractivity contribution is 6.04. The Morgan fingerprint density at radius 1 is 1.26 bits per heavy atom. The summed E-state index contributed by atoms with van der Waals surface area (Å²) in [5.74, 6) is -1.89. The minimum absolute atomic E-state index is 0.190. The summed E-state index contributed by atoms with van der Waals surface area (Å²) in [6.07, 6.45) is 1.43. The lowest BCUT2D eigenvalue weighted by Gasteiger charge is -2.07. The molecule has 0 spiro atoms. The van der Waals surface area contributed by atoms with E-state index in [1.54, 1.807) is 0 Å². The van der Waals surface area contributed by atoms with Crippen molar-refractivity contribution in [2.24, 2.45) is 5.73 Å². The molecule has 0 radical (unpaired) electrons. The lowest BCUT2D eigenvalue weighted by atomic mass is 10.2. The van der Waals surface area contributed by atoms with Crippen LogP contribution in [0.4, 0.5) is 14.5 Å². The lowest BCUT2D eigenvalue weighted by Crippen LogP contribution is -2.14. The Kier molecular flexibility index (Phi) is 3.82. The number of nitrogens with one attached hydrogen (secondary N) is 1. The zero-order valence-corrected chi connectivity index (χ0v) is 9.86. The van der Waals surface area contributed by atoms with Crippen LogP contribution in [0.25, 0.3) is 0 Å². The third kappa shape index (κ3) is 3.11. The fourth-order valence-electron chi connectivity index (χ4n) is 1.52. The van der Waals surface area contributed by atoms with Crippen molar-refractivity contribution in [3.63, 3.8) is 0 Å². The summed E-state index contributed by atoms with van der Waals surface area (Å²) in [7, 11) is 0. The first kappa shape index (κ1) is 13.1. The number of benzene rings is 1. The molecule has 1 amide bonds. The van der Waals surface area contributed by atoms with Crippen LogP contribution in [-0.4, -0.2) is 10.9 Å². The molecule has 1 heterocycles. The van der Waals surface area contributed by atoms with Gasteiger partial charge in [0.2, 0.25) is 0 Å². The number of nitrogens with two attached hydrogens (primary N) is 1. The number of anilines is 1. The van der Waals surface area contributed by atoms with E-state index in [2.05, 4.69) is 10.3 Å². The molecule has 2 aromatic rings. The van der Waals surface area contributed by atoms with Crippen molar-refractivity contribution in [3.8, 4) is 0 Å². The second-order valence-electron chi connectivity index (χ2n) is 3.82. The summed E-state index contributed by atoms with van der Waals surface area (Å²) in [5.41, 5.74) is 6.01. The molecule has 0 saturated carbocycles. The van der Waals surface area contributed by atoms with Gasteiger partial charge in [-0.05, 0) is 24.3 Å². The van der Waals surface area contributed by atoms with Gasteiger partial charge in [0.25, 0.3) is 5.91 Å². The third-order valence-electron chi connectivity index (χ3n) is 2.46. The molecular weight excluding hydrogens is 252 g/mol. The molecule has 1 aromatic heterocycles. The van der Waals surface area contributed by atoms with E-state index in [9.17, 15) is 13.6 Å². The number of carbonyl (C=O) groups excluding carboxylic acids is 1. The third-order valence-corrected chi connectivity index (χ3v) is 2.46. The van der Waals surface area contributed by atoms with Gasteiger partial charge in [0.05, 0.1) is 11.4 Å². The van der Waals surface area contributed by atoms with E-state index in [0.717, 1.165) is 18.2 Å². The number of hydrogen-bond donors (Lipinski definition) is 2. The molecule has 0 unspecified atom stereocenters. The van der Waals surface area contributed by atoms with Crippen molar-refractivity contribution in [2.75, 3.05) is 5.32 Å². The van der Waals surface area contributed by atoms with Crippen molar-refractivity contribution >= 4 is 11.6 Å². The Balaban J connectivity index is 2.22. The Morgan fingerprint density at radius 2 is 2.05 bits per heavy atom. The number of aromatic nitrogens is 1. The molecule has 4 nitrogen and oxygen atoms in total. The number of carbonyl (C=O) groups is 1. The van der Waals surface area contributed by atoms with E-state index in [0.29, 0.717) is 5.69 Å². The van der Waals surface area contributed by atoms with E-state index >= 15 is 0 Å². The van der Waals surface area contributed by atoms with Gasteiger partial charge in [-0.2, -0.15) is 0 Å². The maximum atomic E-state index is 13.4. The molecule has 0 fully saturated rings. The van der Waals surface area contributed by atoms with Crippen molar-refractivity contribution < 1.29 is 13.6 Å². The molecule has 0 aliphatic rings. The summed E-state index contributed by atoms with van der Waals surface area (Å²) < 4.78 is 26.4. The number of nitrogens with zero attached hydrogens (tertiary/aromatic N) is 1. The first-order valence-corrected chi connectivity index (χ1v) is 5.51. The van der Waals surface area contributed by atoms with E-state index in [4.69, 9.17) is 5.73 Å². The van der Waals surface area contributed by atoms with E-state index in [-0.39, 0.29) is 17.8 Å². The molecule has 0 atom stereocenters. The van der Waals surface area contributed by atoms with Gasteiger partial charge in [-0.3, -0.25) is 9.78 Å². The van der Waals surface area contributed by atoms with Gasteiger partial charge < -0.3 is 11.1 Å². The van der Waals surface area contributed by atoms with Crippen molar-refractivity contribution in [2.45, 2.75) is 6.54 Å². The van der Waals surface area contributed by atoms with Gasteiger partial charge in [-0.25, -0.2) is 8.78 Å². The zero-order chi connectivity index (χ0) is 13.8. The molecule has 2 rings (SSSR count). The van der Waals surface area contributed by atoms with Crippen LogP contribution in [-0.2, 0) is 6.54 Å². The molecule has 6 heteroatoms. The van der Waals surface area contributed by atoms with Crippen LogP contribution in [0.15, 0.2) is 36.5 Å². The maximum Gasteiger partial charge on any atom is 0.255 e. The van der Waals surface area contributed by atoms with Crippen LogP contribution in [0.2, 0.25) is 0 Å². The predicted molar refractivity (Wildman–Crippen MR) is 66.4 cm³/mol. The Labute approximate surface area is 108 Å². The average molecular weight is 263 g/mol. The second kappa shape index (κ2) is 5.53. The van der Waals surface area contributed by atoms with Crippen LogP contribution in [0.1, 0.15) is 16.1 Å². The summed E-state index contributed by atoms with van der Waals surface area (Å²) >= 11 is 0. The highest BCUT2D eigenvalue weighted by atomic mass is 19.1. The first-order valence-electron chi connectivity index (χ1n) is 5.51. The van der Waals surface area contributed by atoms with Gasteiger partial charge in [-0.1, -0.05) is 0 Å². The van der Waals surface area contributed by atoms with Crippen LogP contribution in [0.5, 0.6) is 0 Å². The highest BCUT2D eigenvalue weighted by Crippen LogP contribution is 2.16. The monoisotopic (exact) mass is 263 g/mol. The molecular formula is C13H11F2N3O. The lowest BCUT2D eigenvalue weighted by molar-refractivity contribution is 0.102. The van der Waals surface area contributed by atoms with Gasteiger partial charge >= 0.3 is 0 Å². The van der Waals surface area contributed by atoms with Gasteiger partial charge in [0.15, 0.2) is 0 Å². The SMILES string of the molecule is NCc1cc(C(=O)Nc2cc(F)ccc2F)ccn1. The van der Waals surface area contributed by atoms with Crippen LogP contribution in [0, 0.1) is 11.6 Å². The maximum absolute atomic E-state index is 13.4. The largest absolute Gasteiger partial charge is 0.325 e. The Morgan fingerprint density at radius 3 is 2.79 bits per heavy atom. The molecule has 19 heavy (non-hydrogen) atoms. The van der Waals surface area contributed by atoms with Crippen LogP contribution in [0.3, 0.4) is 0 Å². The van der Waals surface area contributed by atoms with Crippen molar-refractivity contribution in [3.05, 3.63) is 59.4 Å². The van der Waals surface area contributed by atoms with Crippen LogP contribution < -0.4 is 11.1 Å². The molecule has 0 bridgehead atoms. The number of halogens is 2. The number of hydrogen-bond acceptors (Lipinski definition) is 3. The molecule has 1 aromatic carbocycles. The Bertz CT molecular complexity index is 617. The standard InChI is InChI=1S/C13H11F2N3O/c14-9-1-2-11(15)12(6-9)18-13(19)8-3-4-17-10(5-8)7-16/h1-6H,7,16H2,(H,18,19). The second-order valence-corrected chi connectivity index (χ2v) is 3.82. The normalized spacial score (nSPS) is 10.3. The van der Waals surface area contributed by atoms with E-state index < -0.39 is 17.5 Å². The first-order chi connectivity index (χ1) is 9.10. The molecule has 0 aliphatic heterocycles. The summed E-state index contributed by atoms with van der Waals surface area (Å²) in [5, 5.41) is 2.30. The summed E-state index contributed by atoms with van der Waals surface area (Å²) in [6.45, 7) is 0.190. The quantitative estimate of drug-likeness (QED) is 0.890. The minimum atomic E-state index is -0.706. The summed E-state index contributed by atoms with van der Waals surface area (Å²) in [4.78, 5) is 15.8. The topological polar surface area (TPSA) is 68.0 Å². The number of amides is 1. The fraction of sp³-hybridized carbons (Fsp3) is 0.0769. The Hall–Kier alpha value is -2.34. The van der Waals surface area contributed by atoms with E-state index in [1.807, 2.05) is 0 Å². The van der Waals surface area contributed by atoms with Crippen molar-refractivity contribution in [1.29, 1.82) is 0 Å². The number of rotatable bonds is 3. The molecule has 3 N–H and O–H groups in total. The minimum Gasteiger partial charge on any atom is -0.325 e. The van der Waals surface area contributed by atoms with Crippen molar-refractivity contribution in [1.82, 2.24) is 4.98 Å². The van der Waals surface area contributed by atoms with Gasteiger partial charge in [0, 0.05) is 24.4 Å². The average Bonchev–Trinajstić information content (AvgIpc) is 2.43.